The number of benzene rings is 2. The van der Waals surface area contributed by atoms with Crippen LogP contribution in [-0.2, 0) is 4.74 Å². The van der Waals surface area contributed by atoms with E-state index in [9.17, 15) is 5.26 Å². The lowest BCUT2D eigenvalue weighted by Gasteiger charge is -2.07. The summed E-state index contributed by atoms with van der Waals surface area (Å²) < 4.78 is 5.69. The first-order chi connectivity index (χ1) is 10.1. The van der Waals surface area contributed by atoms with Crippen LogP contribution in [0.15, 0.2) is 53.5 Å². The van der Waals surface area contributed by atoms with Gasteiger partial charge in [-0.2, -0.15) is 5.26 Å². The molecule has 0 aliphatic carbocycles. The second kappa shape index (κ2) is 5.06. The highest BCUT2D eigenvalue weighted by Gasteiger charge is 2.27. The molecule has 0 fully saturated rings. The lowest BCUT2D eigenvalue weighted by molar-refractivity contribution is 0.279. The molecule has 1 heterocycles. The molecule has 3 heteroatoms. The fourth-order valence-electron chi connectivity index (χ4n) is 2.38. The first kappa shape index (κ1) is 13.4. The molecular weight excluding hydrogens is 260 g/mol. The molecular formula is C18H16N2O. The number of ether oxygens (including phenoxy) is 1. The van der Waals surface area contributed by atoms with Crippen LogP contribution in [0.5, 0.6) is 0 Å². The van der Waals surface area contributed by atoms with Gasteiger partial charge in [-0.3, -0.25) is 0 Å². The van der Waals surface area contributed by atoms with Crippen molar-refractivity contribution in [3.8, 4) is 17.2 Å². The summed E-state index contributed by atoms with van der Waals surface area (Å²) in [4.78, 5) is 4.60. The molecule has 1 aliphatic rings. The van der Waals surface area contributed by atoms with E-state index in [4.69, 9.17) is 4.74 Å². The summed E-state index contributed by atoms with van der Waals surface area (Å²) in [5, 5.41) is 9.23. The molecule has 0 N–H and O–H groups in total. The Morgan fingerprint density at radius 3 is 2.57 bits per heavy atom. The first-order valence-corrected chi connectivity index (χ1v) is 6.92. The van der Waals surface area contributed by atoms with Crippen molar-refractivity contribution < 1.29 is 4.74 Å². The van der Waals surface area contributed by atoms with Crippen LogP contribution in [0.1, 0.15) is 25.0 Å². The number of hydrogen-bond donors (Lipinski definition) is 0. The van der Waals surface area contributed by atoms with Gasteiger partial charge in [0.05, 0.1) is 17.2 Å². The first-order valence-electron chi connectivity index (χ1n) is 6.92. The van der Waals surface area contributed by atoms with E-state index >= 15 is 0 Å². The summed E-state index contributed by atoms with van der Waals surface area (Å²) in [7, 11) is 0. The van der Waals surface area contributed by atoms with Crippen molar-refractivity contribution in [1.82, 2.24) is 0 Å². The van der Waals surface area contributed by atoms with Gasteiger partial charge in [-0.25, -0.2) is 4.99 Å². The lowest BCUT2D eigenvalue weighted by atomic mass is 9.99. The standard InChI is InChI=1S/C18H16N2O/c1-18(2)12-21-17(20-18)14-8-5-7-13(10-14)16-9-4-3-6-15(16)11-19/h3-10H,12H2,1-2H3. The summed E-state index contributed by atoms with van der Waals surface area (Å²) in [5.74, 6) is 0.677. The normalized spacial score (nSPS) is 16.0. The van der Waals surface area contributed by atoms with Crippen molar-refractivity contribution in [3.63, 3.8) is 0 Å². The molecule has 104 valence electrons. The average molecular weight is 276 g/mol. The molecule has 0 amide bonds. The van der Waals surface area contributed by atoms with Crippen molar-refractivity contribution >= 4 is 5.90 Å². The van der Waals surface area contributed by atoms with Gasteiger partial charge in [0.1, 0.15) is 6.61 Å². The van der Waals surface area contributed by atoms with Crippen LogP contribution in [-0.4, -0.2) is 18.0 Å². The number of nitriles is 1. The van der Waals surface area contributed by atoms with E-state index in [0.29, 0.717) is 18.1 Å². The van der Waals surface area contributed by atoms with E-state index in [-0.39, 0.29) is 5.54 Å². The molecule has 0 saturated carbocycles. The predicted molar refractivity (Wildman–Crippen MR) is 83.2 cm³/mol. The van der Waals surface area contributed by atoms with Crippen molar-refractivity contribution in [2.75, 3.05) is 6.61 Å². The number of rotatable bonds is 2. The molecule has 0 atom stereocenters. The van der Waals surface area contributed by atoms with E-state index in [2.05, 4.69) is 24.9 Å². The summed E-state index contributed by atoms with van der Waals surface area (Å²) in [6.45, 7) is 4.70. The smallest absolute Gasteiger partial charge is 0.216 e. The molecule has 0 unspecified atom stereocenters. The van der Waals surface area contributed by atoms with Crippen molar-refractivity contribution in [1.29, 1.82) is 5.26 Å². The van der Waals surface area contributed by atoms with Gasteiger partial charge in [-0.15, -0.1) is 0 Å². The quantitative estimate of drug-likeness (QED) is 0.838. The fourth-order valence-corrected chi connectivity index (χ4v) is 2.38. The van der Waals surface area contributed by atoms with Crippen LogP contribution in [0.4, 0.5) is 0 Å². The maximum atomic E-state index is 9.23. The fraction of sp³-hybridized carbons (Fsp3) is 0.222. The summed E-state index contributed by atoms with van der Waals surface area (Å²) in [6, 6.07) is 17.8. The average Bonchev–Trinajstić information content (AvgIpc) is 2.87. The Morgan fingerprint density at radius 2 is 1.86 bits per heavy atom. The summed E-state index contributed by atoms with van der Waals surface area (Å²) in [5.41, 5.74) is 3.38. The third-order valence-corrected chi connectivity index (χ3v) is 3.43. The summed E-state index contributed by atoms with van der Waals surface area (Å²) in [6.07, 6.45) is 0. The highest BCUT2D eigenvalue weighted by Crippen LogP contribution is 2.26. The lowest BCUT2D eigenvalue weighted by Crippen LogP contribution is -2.17. The van der Waals surface area contributed by atoms with Gasteiger partial charge in [0.2, 0.25) is 5.90 Å². The molecule has 1 aliphatic heterocycles. The molecule has 0 aromatic heterocycles. The SMILES string of the molecule is CC1(C)COC(c2cccc(-c3ccccc3C#N)c2)=N1. The van der Waals surface area contributed by atoms with Gasteiger partial charge in [-0.05, 0) is 43.2 Å². The van der Waals surface area contributed by atoms with E-state index in [1.807, 2.05) is 48.5 Å². The van der Waals surface area contributed by atoms with Crippen LogP contribution in [0.3, 0.4) is 0 Å². The molecule has 3 rings (SSSR count). The van der Waals surface area contributed by atoms with Gasteiger partial charge >= 0.3 is 0 Å². The predicted octanol–water partition coefficient (Wildman–Crippen LogP) is 3.78. The molecule has 2 aromatic carbocycles. The molecule has 2 aromatic rings. The van der Waals surface area contributed by atoms with Crippen LogP contribution >= 0.6 is 0 Å². The third-order valence-electron chi connectivity index (χ3n) is 3.43. The molecule has 3 nitrogen and oxygen atoms in total. The van der Waals surface area contributed by atoms with Gasteiger partial charge in [0.25, 0.3) is 0 Å². The largest absolute Gasteiger partial charge is 0.475 e. The Morgan fingerprint density at radius 1 is 1.10 bits per heavy atom. The molecule has 0 spiro atoms. The topological polar surface area (TPSA) is 45.4 Å². The van der Waals surface area contributed by atoms with Crippen LogP contribution < -0.4 is 0 Å². The van der Waals surface area contributed by atoms with Gasteiger partial charge in [-0.1, -0.05) is 30.3 Å². The highest BCUT2D eigenvalue weighted by atomic mass is 16.5. The molecule has 21 heavy (non-hydrogen) atoms. The Labute approximate surface area is 124 Å². The van der Waals surface area contributed by atoms with Crippen LogP contribution in [0, 0.1) is 11.3 Å². The maximum Gasteiger partial charge on any atom is 0.216 e. The van der Waals surface area contributed by atoms with Gasteiger partial charge < -0.3 is 4.74 Å². The van der Waals surface area contributed by atoms with Crippen molar-refractivity contribution in [3.05, 3.63) is 59.7 Å². The third kappa shape index (κ3) is 2.66. The van der Waals surface area contributed by atoms with E-state index in [1.54, 1.807) is 0 Å². The molecule has 0 radical (unpaired) electrons. The molecule has 0 bridgehead atoms. The van der Waals surface area contributed by atoms with Gasteiger partial charge in [0, 0.05) is 5.56 Å². The van der Waals surface area contributed by atoms with Crippen LogP contribution in [0.25, 0.3) is 11.1 Å². The zero-order valence-electron chi connectivity index (χ0n) is 12.1. The minimum absolute atomic E-state index is 0.171. The van der Waals surface area contributed by atoms with E-state index in [0.717, 1.165) is 16.7 Å². The molecule has 0 saturated heterocycles. The van der Waals surface area contributed by atoms with E-state index in [1.165, 1.54) is 0 Å². The van der Waals surface area contributed by atoms with Crippen LogP contribution in [0.2, 0.25) is 0 Å². The maximum absolute atomic E-state index is 9.23. The Balaban J connectivity index is 2.04. The van der Waals surface area contributed by atoms with Crippen molar-refractivity contribution in [2.24, 2.45) is 4.99 Å². The Kier molecular flexibility index (Phi) is 3.23. The Bertz CT molecular complexity index is 754. The Hall–Kier alpha value is -2.60. The zero-order chi connectivity index (χ0) is 14.9. The number of aliphatic imine (C=N–C) groups is 1. The number of nitrogens with zero attached hydrogens (tertiary/aromatic N) is 2. The summed E-state index contributed by atoms with van der Waals surface area (Å²) >= 11 is 0. The minimum Gasteiger partial charge on any atom is -0.475 e. The van der Waals surface area contributed by atoms with E-state index < -0.39 is 0 Å². The minimum atomic E-state index is -0.171. The second-order valence-corrected chi connectivity index (χ2v) is 5.76. The zero-order valence-corrected chi connectivity index (χ0v) is 12.1. The van der Waals surface area contributed by atoms with Crippen molar-refractivity contribution in [2.45, 2.75) is 19.4 Å². The monoisotopic (exact) mass is 276 g/mol. The number of hydrogen-bond acceptors (Lipinski definition) is 3. The van der Waals surface area contributed by atoms with Gasteiger partial charge in [0.15, 0.2) is 0 Å². The highest BCUT2D eigenvalue weighted by molar-refractivity contribution is 5.96. The second-order valence-electron chi connectivity index (χ2n) is 5.76.